The number of nitrogens with zero attached hydrogens (tertiary/aromatic N) is 2. The Morgan fingerprint density at radius 3 is 2.36 bits per heavy atom. The van der Waals surface area contributed by atoms with Crippen LogP contribution in [0.2, 0.25) is 0 Å². The Bertz CT molecular complexity index is 664. The Morgan fingerprint density at radius 1 is 1.18 bits per heavy atom. The first-order chi connectivity index (χ1) is 10.6. The topological polar surface area (TPSA) is 76.8 Å². The molecule has 0 amide bonds. The van der Waals surface area contributed by atoms with E-state index in [4.69, 9.17) is 4.74 Å². The Labute approximate surface area is 128 Å². The molecule has 1 N–H and O–H groups in total. The summed E-state index contributed by atoms with van der Waals surface area (Å²) < 4.78 is 5.12. The number of nitrogens with one attached hydrogen (secondary N) is 1. The molecule has 22 heavy (non-hydrogen) atoms. The third kappa shape index (κ3) is 4.31. The van der Waals surface area contributed by atoms with E-state index in [-0.39, 0.29) is 5.69 Å². The molecule has 0 aliphatic heterocycles. The molecule has 0 aliphatic rings. The zero-order valence-corrected chi connectivity index (χ0v) is 12.4. The van der Waals surface area contributed by atoms with Gasteiger partial charge in [-0.05, 0) is 36.8 Å². The number of methoxy groups -OCH3 is 1. The highest BCUT2D eigenvalue weighted by molar-refractivity contribution is 5.84. The van der Waals surface area contributed by atoms with Crippen LogP contribution in [0.15, 0.2) is 53.6 Å². The lowest BCUT2D eigenvalue weighted by Crippen LogP contribution is -2.02. The fourth-order valence-corrected chi connectivity index (χ4v) is 1.90. The standard InChI is InChI=1S/C16H17N3O3/c1-12(11-13-3-9-16(22-2)10-4-13)17-18-14-5-7-15(8-6-14)19(20)21/h3-10,18H,11H2,1-2H3. The summed E-state index contributed by atoms with van der Waals surface area (Å²) in [5, 5.41) is 14.8. The lowest BCUT2D eigenvalue weighted by atomic mass is 10.1. The fraction of sp³-hybridized carbons (Fsp3) is 0.188. The first-order valence-electron chi connectivity index (χ1n) is 6.75. The summed E-state index contributed by atoms with van der Waals surface area (Å²) in [5.41, 5.74) is 5.70. The summed E-state index contributed by atoms with van der Waals surface area (Å²) in [6.45, 7) is 1.92. The average molecular weight is 299 g/mol. The second kappa shape index (κ2) is 7.21. The van der Waals surface area contributed by atoms with Crippen LogP contribution in [0.5, 0.6) is 5.75 Å². The van der Waals surface area contributed by atoms with Crippen molar-refractivity contribution in [1.29, 1.82) is 0 Å². The van der Waals surface area contributed by atoms with Gasteiger partial charge < -0.3 is 4.74 Å². The molecule has 0 bridgehead atoms. The van der Waals surface area contributed by atoms with E-state index in [9.17, 15) is 10.1 Å². The predicted molar refractivity (Wildman–Crippen MR) is 86.5 cm³/mol. The minimum atomic E-state index is -0.429. The number of rotatable bonds is 6. The maximum atomic E-state index is 10.6. The number of hydrazone groups is 1. The Hall–Kier alpha value is -2.89. The lowest BCUT2D eigenvalue weighted by Gasteiger charge is -2.05. The van der Waals surface area contributed by atoms with Gasteiger partial charge in [0.25, 0.3) is 5.69 Å². The Balaban J connectivity index is 1.95. The van der Waals surface area contributed by atoms with Gasteiger partial charge in [0.1, 0.15) is 5.75 Å². The molecule has 2 aromatic rings. The second-order valence-corrected chi connectivity index (χ2v) is 4.79. The predicted octanol–water partition coefficient (Wildman–Crippen LogP) is 3.63. The van der Waals surface area contributed by atoms with E-state index in [0.717, 1.165) is 17.0 Å². The number of anilines is 1. The molecule has 0 aromatic heterocycles. The molecule has 6 nitrogen and oxygen atoms in total. The monoisotopic (exact) mass is 299 g/mol. The van der Waals surface area contributed by atoms with Gasteiger partial charge in [0.15, 0.2) is 0 Å². The molecular formula is C16H17N3O3. The van der Waals surface area contributed by atoms with Crippen molar-refractivity contribution < 1.29 is 9.66 Å². The zero-order valence-electron chi connectivity index (χ0n) is 12.4. The molecule has 2 aromatic carbocycles. The van der Waals surface area contributed by atoms with Gasteiger partial charge in [-0.2, -0.15) is 5.10 Å². The summed E-state index contributed by atoms with van der Waals surface area (Å²) in [6, 6.07) is 13.9. The molecule has 0 saturated carbocycles. The molecule has 0 radical (unpaired) electrons. The fourth-order valence-electron chi connectivity index (χ4n) is 1.90. The molecule has 0 fully saturated rings. The second-order valence-electron chi connectivity index (χ2n) is 4.79. The van der Waals surface area contributed by atoms with Crippen molar-refractivity contribution in [2.24, 2.45) is 5.10 Å². The zero-order chi connectivity index (χ0) is 15.9. The third-order valence-electron chi connectivity index (χ3n) is 3.07. The molecule has 114 valence electrons. The average Bonchev–Trinajstić information content (AvgIpc) is 2.54. The van der Waals surface area contributed by atoms with Crippen molar-refractivity contribution in [3.05, 3.63) is 64.2 Å². The van der Waals surface area contributed by atoms with Crippen LogP contribution in [0, 0.1) is 10.1 Å². The van der Waals surface area contributed by atoms with Crippen LogP contribution in [-0.4, -0.2) is 17.7 Å². The van der Waals surface area contributed by atoms with Crippen LogP contribution in [0.3, 0.4) is 0 Å². The van der Waals surface area contributed by atoms with Crippen LogP contribution >= 0.6 is 0 Å². The minimum Gasteiger partial charge on any atom is -0.497 e. The summed E-state index contributed by atoms with van der Waals surface area (Å²) in [4.78, 5) is 10.1. The van der Waals surface area contributed by atoms with E-state index < -0.39 is 4.92 Å². The van der Waals surface area contributed by atoms with Gasteiger partial charge in [-0.1, -0.05) is 12.1 Å². The summed E-state index contributed by atoms with van der Waals surface area (Å²) >= 11 is 0. The summed E-state index contributed by atoms with van der Waals surface area (Å²) in [5.74, 6) is 0.822. The van der Waals surface area contributed by atoms with Crippen LogP contribution in [-0.2, 0) is 6.42 Å². The van der Waals surface area contributed by atoms with E-state index in [1.165, 1.54) is 12.1 Å². The van der Waals surface area contributed by atoms with Gasteiger partial charge in [0.05, 0.1) is 17.7 Å². The first kappa shape index (κ1) is 15.5. The summed E-state index contributed by atoms with van der Waals surface area (Å²) in [7, 11) is 1.63. The number of nitro groups is 1. The van der Waals surface area contributed by atoms with Gasteiger partial charge in [-0.15, -0.1) is 0 Å². The lowest BCUT2D eigenvalue weighted by molar-refractivity contribution is -0.384. The van der Waals surface area contributed by atoms with Crippen LogP contribution in [0.1, 0.15) is 12.5 Å². The van der Waals surface area contributed by atoms with Gasteiger partial charge in [0.2, 0.25) is 0 Å². The Kier molecular flexibility index (Phi) is 5.08. The van der Waals surface area contributed by atoms with Crippen molar-refractivity contribution in [1.82, 2.24) is 0 Å². The molecule has 0 saturated heterocycles. The van der Waals surface area contributed by atoms with E-state index in [0.29, 0.717) is 12.1 Å². The molecule has 6 heteroatoms. The highest BCUT2D eigenvalue weighted by Crippen LogP contribution is 2.16. The maximum absolute atomic E-state index is 10.6. The van der Waals surface area contributed by atoms with Crippen LogP contribution in [0.4, 0.5) is 11.4 Å². The number of nitro benzene ring substituents is 1. The van der Waals surface area contributed by atoms with Crippen molar-refractivity contribution in [3.8, 4) is 5.75 Å². The SMILES string of the molecule is COc1ccc(CC(C)=NNc2ccc([N+](=O)[O-])cc2)cc1. The normalized spacial score (nSPS) is 11.1. The molecule has 0 aliphatic carbocycles. The smallest absolute Gasteiger partial charge is 0.269 e. The highest BCUT2D eigenvalue weighted by Gasteiger charge is 2.03. The van der Waals surface area contributed by atoms with E-state index in [1.807, 2.05) is 31.2 Å². The van der Waals surface area contributed by atoms with Gasteiger partial charge in [-0.25, -0.2) is 0 Å². The van der Waals surface area contributed by atoms with Gasteiger partial charge >= 0.3 is 0 Å². The number of ether oxygens (including phenoxy) is 1. The number of non-ortho nitro benzene ring substituents is 1. The summed E-state index contributed by atoms with van der Waals surface area (Å²) in [6.07, 6.45) is 0.712. The van der Waals surface area contributed by atoms with Crippen molar-refractivity contribution in [2.75, 3.05) is 12.5 Å². The van der Waals surface area contributed by atoms with Crippen molar-refractivity contribution >= 4 is 17.1 Å². The molecular weight excluding hydrogens is 282 g/mol. The van der Waals surface area contributed by atoms with E-state index in [1.54, 1.807) is 19.2 Å². The molecule has 0 spiro atoms. The third-order valence-corrected chi connectivity index (χ3v) is 3.07. The Morgan fingerprint density at radius 2 is 1.82 bits per heavy atom. The van der Waals surface area contributed by atoms with Gasteiger partial charge in [0, 0.05) is 24.3 Å². The molecule has 0 heterocycles. The number of hydrogen-bond acceptors (Lipinski definition) is 5. The largest absolute Gasteiger partial charge is 0.497 e. The van der Waals surface area contributed by atoms with Gasteiger partial charge in [-0.3, -0.25) is 15.5 Å². The van der Waals surface area contributed by atoms with E-state index in [2.05, 4.69) is 10.5 Å². The number of benzene rings is 2. The first-order valence-corrected chi connectivity index (χ1v) is 6.75. The van der Waals surface area contributed by atoms with E-state index >= 15 is 0 Å². The molecule has 2 rings (SSSR count). The van der Waals surface area contributed by atoms with Crippen LogP contribution in [0.25, 0.3) is 0 Å². The minimum absolute atomic E-state index is 0.0597. The highest BCUT2D eigenvalue weighted by atomic mass is 16.6. The van der Waals surface area contributed by atoms with Crippen molar-refractivity contribution in [3.63, 3.8) is 0 Å². The van der Waals surface area contributed by atoms with Crippen molar-refractivity contribution in [2.45, 2.75) is 13.3 Å². The molecule has 0 atom stereocenters. The maximum Gasteiger partial charge on any atom is 0.269 e. The molecule has 0 unspecified atom stereocenters. The number of hydrogen-bond donors (Lipinski definition) is 1. The quantitative estimate of drug-likeness (QED) is 0.502. The van der Waals surface area contributed by atoms with Crippen LogP contribution < -0.4 is 10.2 Å².